The van der Waals surface area contributed by atoms with E-state index in [1.807, 2.05) is 5.32 Å². The molecule has 0 amide bonds. The summed E-state index contributed by atoms with van der Waals surface area (Å²) in [4.78, 5) is 0. The van der Waals surface area contributed by atoms with Gasteiger partial charge in [-0.2, -0.15) is 26.3 Å². The standard InChI is InChI=1S/C8H13F6N3O/c1-4(2-7(9,10)11)16-3-5(6(15)17-18)8(12,13)14/h4-5,16,18H,2-3H2,1H3,(H2,15,17). The Morgan fingerprint density at radius 2 is 1.78 bits per heavy atom. The predicted molar refractivity (Wildman–Crippen MR) is 51.1 cm³/mol. The van der Waals surface area contributed by atoms with Crippen LogP contribution in [0.3, 0.4) is 0 Å². The minimum absolute atomic E-state index is 0.892. The van der Waals surface area contributed by atoms with Gasteiger partial charge in [0.15, 0.2) is 5.84 Å². The second-order valence-electron chi connectivity index (χ2n) is 3.75. The van der Waals surface area contributed by atoms with Gasteiger partial charge in [-0.05, 0) is 6.92 Å². The molecule has 0 rings (SSSR count). The van der Waals surface area contributed by atoms with Gasteiger partial charge in [-0.25, -0.2) is 0 Å². The van der Waals surface area contributed by atoms with Gasteiger partial charge in [0.05, 0.1) is 6.42 Å². The number of rotatable bonds is 5. The van der Waals surface area contributed by atoms with Crippen LogP contribution in [0.4, 0.5) is 26.3 Å². The highest BCUT2D eigenvalue weighted by Gasteiger charge is 2.43. The number of oxime groups is 1. The molecule has 2 unspecified atom stereocenters. The number of amidine groups is 1. The molecule has 4 N–H and O–H groups in total. The minimum atomic E-state index is -4.80. The predicted octanol–water partition coefficient (Wildman–Crippen LogP) is 1.84. The fourth-order valence-electron chi connectivity index (χ4n) is 1.20. The molecule has 0 bridgehead atoms. The summed E-state index contributed by atoms with van der Waals surface area (Å²) in [6.45, 7) is 0.198. The van der Waals surface area contributed by atoms with Crippen molar-refractivity contribution < 1.29 is 31.5 Å². The molecule has 0 aliphatic heterocycles. The van der Waals surface area contributed by atoms with Crippen molar-refractivity contribution in [3.63, 3.8) is 0 Å². The second kappa shape index (κ2) is 6.12. The van der Waals surface area contributed by atoms with Crippen LogP contribution in [0.15, 0.2) is 5.16 Å². The van der Waals surface area contributed by atoms with E-state index in [1.165, 1.54) is 0 Å². The summed E-state index contributed by atoms with van der Waals surface area (Å²) in [7, 11) is 0. The van der Waals surface area contributed by atoms with Gasteiger partial charge in [0.1, 0.15) is 5.92 Å². The average Bonchev–Trinajstić information content (AvgIpc) is 2.12. The summed E-state index contributed by atoms with van der Waals surface area (Å²) in [5.41, 5.74) is 4.83. The SMILES string of the molecule is CC(CC(F)(F)F)NCC(C(N)=NO)C(F)(F)F. The van der Waals surface area contributed by atoms with E-state index in [9.17, 15) is 26.3 Å². The zero-order chi connectivity index (χ0) is 14.6. The van der Waals surface area contributed by atoms with Gasteiger partial charge >= 0.3 is 12.4 Å². The van der Waals surface area contributed by atoms with Gasteiger partial charge in [0.2, 0.25) is 0 Å². The van der Waals surface area contributed by atoms with E-state index in [-0.39, 0.29) is 0 Å². The number of nitrogens with zero attached hydrogens (tertiary/aromatic N) is 1. The molecule has 0 aromatic carbocycles. The number of nitrogens with two attached hydrogens (primary N) is 1. The molecule has 0 radical (unpaired) electrons. The number of hydrogen-bond acceptors (Lipinski definition) is 3. The Hall–Kier alpha value is -1.19. The van der Waals surface area contributed by atoms with Crippen molar-refractivity contribution in [2.45, 2.75) is 31.7 Å². The van der Waals surface area contributed by atoms with Crippen molar-refractivity contribution in [1.82, 2.24) is 5.32 Å². The zero-order valence-corrected chi connectivity index (χ0v) is 9.31. The molecule has 0 aromatic rings. The highest BCUT2D eigenvalue weighted by atomic mass is 19.4. The van der Waals surface area contributed by atoms with Gasteiger partial charge in [0.25, 0.3) is 0 Å². The van der Waals surface area contributed by atoms with Gasteiger partial charge in [-0.3, -0.25) is 0 Å². The summed E-state index contributed by atoms with van der Waals surface area (Å²) >= 11 is 0. The molecule has 0 spiro atoms. The van der Waals surface area contributed by atoms with Crippen LogP contribution in [0.25, 0.3) is 0 Å². The lowest BCUT2D eigenvalue weighted by molar-refractivity contribution is -0.156. The highest BCUT2D eigenvalue weighted by molar-refractivity contribution is 5.83. The number of nitrogens with one attached hydrogen (secondary N) is 1. The Kier molecular flexibility index (Phi) is 5.71. The van der Waals surface area contributed by atoms with Gasteiger partial charge in [-0.1, -0.05) is 5.16 Å². The van der Waals surface area contributed by atoms with Crippen LogP contribution in [0.2, 0.25) is 0 Å². The van der Waals surface area contributed by atoms with Crippen LogP contribution < -0.4 is 11.1 Å². The maximum atomic E-state index is 12.4. The van der Waals surface area contributed by atoms with Crippen LogP contribution in [-0.4, -0.2) is 36.0 Å². The smallest absolute Gasteiger partial charge is 0.400 e. The van der Waals surface area contributed by atoms with Crippen molar-refractivity contribution in [3.8, 4) is 0 Å². The van der Waals surface area contributed by atoms with Gasteiger partial charge in [0, 0.05) is 12.6 Å². The molecule has 0 saturated heterocycles. The molecule has 0 fully saturated rings. The van der Waals surface area contributed by atoms with E-state index in [2.05, 4.69) is 5.16 Å². The molecule has 4 nitrogen and oxygen atoms in total. The molecule has 0 aliphatic carbocycles. The lowest BCUT2D eigenvalue weighted by Crippen LogP contribution is -2.45. The first-order valence-electron chi connectivity index (χ1n) is 4.81. The largest absolute Gasteiger partial charge is 0.409 e. The first kappa shape index (κ1) is 16.8. The summed E-state index contributed by atoms with van der Waals surface area (Å²) < 4.78 is 73.1. The lowest BCUT2D eigenvalue weighted by atomic mass is 10.1. The van der Waals surface area contributed by atoms with E-state index in [4.69, 9.17) is 10.9 Å². The molecule has 0 aromatic heterocycles. The van der Waals surface area contributed by atoms with Crippen LogP contribution in [0.1, 0.15) is 13.3 Å². The number of alkyl halides is 6. The average molecular weight is 281 g/mol. The molecule has 2 atom stereocenters. The monoisotopic (exact) mass is 281 g/mol. The number of halogens is 6. The topological polar surface area (TPSA) is 70.6 Å². The molecule has 10 heteroatoms. The van der Waals surface area contributed by atoms with E-state index in [0.717, 1.165) is 6.92 Å². The van der Waals surface area contributed by atoms with Crippen LogP contribution >= 0.6 is 0 Å². The first-order valence-corrected chi connectivity index (χ1v) is 4.81. The Balaban J connectivity index is 4.46. The molecule has 108 valence electrons. The Morgan fingerprint density at radius 3 is 2.11 bits per heavy atom. The van der Waals surface area contributed by atoms with E-state index < -0.39 is 43.1 Å². The van der Waals surface area contributed by atoms with E-state index >= 15 is 0 Å². The van der Waals surface area contributed by atoms with Crippen molar-refractivity contribution in [1.29, 1.82) is 0 Å². The molecule has 0 saturated carbocycles. The Labute approximate surface area is 98.8 Å². The first-order chi connectivity index (χ1) is 7.97. The molecule has 18 heavy (non-hydrogen) atoms. The fraction of sp³-hybridized carbons (Fsp3) is 0.875. The summed E-state index contributed by atoms with van der Waals surface area (Å²) in [5.74, 6) is -3.44. The third kappa shape index (κ3) is 6.52. The normalized spacial score (nSPS) is 17.6. The fourth-order valence-corrected chi connectivity index (χ4v) is 1.20. The van der Waals surface area contributed by atoms with Crippen molar-refractivity contribution in [3.05, 3.63) is 0 Å². The van der Waals surface area contributed by atoms with Gasteiger partial charge < -0.3 is 16.3 Å². The molecular formula is C8H13F6N3O. The second-order valence-corrected chi connectivity index (χ2v) is 3.75. The highest BCUT2D eigenvalue weighted by Crippen LogP contribution is 2.26. The van der Waals surface area contributed by atoms with Gasteiger partial charge in [-0.15, -0.1) is 0 Å². The lowest BCUT2D eigenvalue weighted by Gasteiger charge is -2.22. The summed E-state index contributed by atoms with van der Waals surface area (Å²) in [6, 6.07) is -1.21. The third-order valence-corrected chi connectivity index (χ3v) is 2.08. The number of hydrogen-bond donors (Lipinski definition) is 3. The van der Waals surface area contributed by atoms with Crippen molar-refractivity contribution in [2.75, 3.05) is 6.54 Å². The maximum absolute atomic E-state index is 12.4. The Bertz CT molecular complexity index is 288. The molecular weight excluding hydrogens is 268 g/mol. The van der Waals surface area contributed by atoms with Crippen LogP contribution in [0, 0.1) is 5.92 Å². The summed E-state index contributed by atoms with van der Waals surface area (Å²) in [6.07, 6.45) is -10.5. The molecule has 0 aliphatic rings. The van der Waals surface area contributed by atoms with Crippen molar-refractivity contribution in [2.24, 2.45) is 16.8 Å². The summed E-state index contributed by atoms with van der Waals surface area (Å²) in [5, 5.41) is 12.4. The maximum Gasteiger partial charge on any atom is 0.400 e. The Morgan fingerprint density at radius 1 is 1.28 bits per heavy atom. The van der Waals surface area contributed by atoms with Crippen molar-refractivity contribution >= 4 is 5.84 Å². The van der Waals surface area contributed by atoms with E-state index in [1.54, 1.807) is 0 Å². The van der Waals surface area contributed by atoms with E-state index in [0.29, 0.717) is 0 Å². The minimum Gasteiger partial charge on any atom is -0.409 e. The van der Waals surface area contributed by atoms with Crippen LogP contribution in [-0.2, 0) is 0 Å². The zero-order valence-electron chi connectivity index (χ0n) is 9.31. The molecule has 0 heterocycles. The third-order valence-electron chi connectivity index (χ3n) is 2.08. The quantitative estimate of drug-likeness (QED) is 0.237. The van der Waals surface area contributed by atoms with Crippen LogP contribution in [0.5, 0.6) is 0 Å².